The number of nitrogens with zero attached hydrogens (tertiary/aromatic N) is 1. The Hall–Kier alpha value is -1.71. The molecule has 1 amide bonds. The lowest BCUT2D eigenvalue weighted by Gasteiger charge is -2.06. The summed E-state index contributed by atoms with van der Waals surface area (Å²) >= 11 is 0. The van der Waals surface area contributed by atoms with E-state index in [0.717, 1.165) is 6.26 Å². The third-order valence-corrected chi connectivity index (χ3v) is 2.89. The first kappa shape index (κ1) is 15.3. The van der Waals surface area contributed by atoms with Gasteiger partial charge in [-0.15, -0.1) is 0 Å². The topological polar surface area (TPSA) is 126 Å². The molecule has 0 atom stereocenters. The molecule has 0 radical (unpaired) electrons. The SMILES string of the molecule is CS(=O)(=O)NCCCNC(=O)c1cc(NN)ccn1. The van der Waals surface area contributed by atoms with Crippen LogP contribution in [0, 0.1) is 0 Å². The molecule has 19 heavy (non-hydrogen) atoms. The van der Waals surface area contributed by atoms with Gasteiger partial charge in [0.15, 0.2) is 0 Å². The molecule has 8 nitrogen and oxygen atoms in total. The first-order chi connectivity index (χ1) is 8.92. The quantitative estimate of drug-likeness (QED) is 0.290. The van der Waals surface area contributed by atoms with Gasteiger partial charge in [0.25, 0.3) is 5.91 Å². The molecule has 0 saturated heterocycles. The van der Waals surface area contributed by atoms with E-state index in [1.807, 2.05) is 0 Å². The van der Waals surface area contributed by atoms with Crippen LogP contribution in [0.4, 0.5) is 5.69 Å². The number of anilines is 1. The average molecular weight is 287 g/mol. The molecule has 106 valence electrons. The number of rotatable bonds is 7. The number of sulfonamides is 1. The van der Waals surface area contributed by atoms with Crippen LogP contribution in [-0.4, -0.2) is 38.7 Å². The molecule has 1 heterocycles. The Morgan fingerprint density at radius 2 is 2.16 bits per heavy atom. The van der Waals surface area contributed by atoms with Crippen molar-refractivity contribution in [2.45, 2.75) is 6.42 Å². The number of nitrogens with one attached hydrogen (secondary N) is 3. The number of amides is 1. The standard InChI is InChI=1S/C10H17N5O3S/c1-19(17,18)14-5-2-4-13-10(16)9-7-8(15-11)3-6-12-9/h3,6-7,14H,2,4-5,11H2,1H3,(H,12,15)(H,13,16). The lowest BCUT2D eigenvalue weighted by Crippen LogP contribution is -2.29. The fourth-order valence-corrected chi connectivity index (χ4v) is 1.80. The maximum absolute atomic E-state index is 11.7. The maximum atomic E-state index is 11.7. The van der Waals surface area contributed by atoms with Gasteiger partial charge in [0, 0.05) is 19.3 Å². The highest BCUT2D eigenvalue weighted by Crippen LogP contribution is 2.05. The van der Waals surface area contributed by atoms with Gasteiger partial charge in [0.05, 0.1) is 11.9 Å². The molecule has 0 fully saturated rings. The highest BCUT2D eigenvalue weighted by Gasteiger charge is 2.07. The minimum atomic E-state index is -3.18. The zero-order chi connectivity index (χ0) is 14.3. The fourth-order valence-electron chi connectivity index (χ4n) is 1.28. The van der Waals surface area contributed by atoms with Crippen LogP contribution in [0.1, 0.15) is 16.9 Å². The second-order valence-electron chi connectivity index (χ2n) is 3.85. The van der Waals surface area contributed by atoms with Crippen LogP contribution >= 0.6 is 0 Å². The predicted molar refractivity (Wildman–Crippen MR) is 71.8 cm³/mol. The van der Waals surface area contributed by atoms with Gasteiger partial charge in [0.2, 0.25) is 10.0 Å². The van der Waals surface area contributed by atoms with Gasteiger partial charge >= 0.3 is 0 Å². The smallest absolute Gasteiger partial charge is 0.269 e. The van der Waals surface area contributed by atoms with E-state index in [2.05, 4.69) is 20.4 Å². The van der Waals surface area contributed by atoms with Gasteiger partial charge in [-0.25, -0.2) is 13.1 Å². The van der Waals surface area contributed by atoms with E-state index < -0.39 is 10.0 Å². The summed E-state index contributed by atoms with van der Waals surface area (Å²) in [4.78, 5) is 15.6. The molecule has 0 saturated carbocycles. The zero-order valence-corrected chi connectivity index (χ0v) is 11.3. The van der Waals surface area contributed by atoms with Gasteiger partial charge < -0.3 is 10.7 Å². The maximum Gasteiger partial charge on any atom is 0.269 e. The molecule has 0 aliphatic carbocycles. The molecule has 9 heteroatoms. The zero-order valence-electron chi connectivity index (χ0n) is 10.5. The number of carbonyl (C=O) groups is 1. The number of pyridine rings is 1. The molecular formula is C10H17N5O3S. The summed E-state index contributed by atoms with van der Waals surface area (Å²) in [7, 11) is -3.18. The largest absolute Gasteiger partial charge is 0.351 e. The first-order valence-electron chi connectivity index (χ1n) is 5.58. The summed E-state index contributed by atoms with van der Waals surface area (Å²) in [5, 5.41) is 2.63. The first-order valence-corrected chi connectivity index (χ1v) is 7.47. The Morgan fingerprint density at radius 1 is 1.42 bits per heavy atom. The second kappa shape index (κ2) is 7.02. The third-order valence-electron chi connectivity index (χ3n) is 2.16. The fraction of sp³-hybridized carbons (Fsp3) is 0.400. The molecule has 0 spiro atoms. The normalized spacial score (nSPS) is 11.1. The van der Waals surface area contributed by atoms with Crippen LogP contribution in [-0.2, 0) is 10.0 Å². The van der Waals surface area contributed by atoms with Crippen LogP contribution in [0.2, 0.25) is 0 Å². The highest BCUT2D eigenvalue weighted by molar-refractivity contribution is 7.88. The summed E-state index contributed by atoms with van der Waals surface area (Å²) in [5.74, 6) is 4.89. The Kier molecular flexibility index (Phi) is 5.67. The van der Waals surface area contributed by atoms with Crippen LogP contribution < -0.4 is 21.3 Å². The van der Waals surface area contributed by atoms with Crippen molar-refractivity contribution < 1.29 is 13.2 Å². The summed E-state index contributed by atoms with van der Waals surface area (Å²) in [6.45, 7) is 0.625. The van der Waals surface area contributed by atoms with Crippen molar-refractivity contribution in [1.82, 2.24) is 15.0 Å². The Bertz CT molecular complexity index is 532. The summed E-state index contributed by atoms with van der Waals surface area (Å²) in [5.41, 5.74) is 3.24. The van der Waals surface area contributed by atoms with E-state index in [1.54, 1.807) is 6.07 Å². The van der Waals surface area contributed by atoms with E-state index in [9.17, 15) is 13.2 Å². The number of nitrogen functional groups attached to an aromatic ring is 1. The minimum Gasteiger partial charge on any atom is -0.351 e. The molecule has 1 aromatic rings. The lowest BCUT2D eigenvalue weighted by atomic mass is 10.3. The minimum absolute atomic E-state index is 0.242. The number of aromatic nitrogens is 1. The van der Waals surface area contributed by atoms with Crippen molar-refractivity contribution in [3.8, 4) is 0 Å². The number of hydrogen-bond donors (Lipinski definition) is 4. The van der Waals surface area contributed by atoms with Crippen LogP contribution in [0.25, 0.3) is 0 Å². The second-order valence-corrected chi connectivity index (χ2v) is 5.68. The average Bonchev–Trinajstić information content (AvgIpc) is 2.37. The van der Waals surface area contributed by atoms with E-state index in [-0.39, 0.29) is 18.1 Å². The number of hydrogen-bond acceptors (Lipinski definition) is 6. The van der Waals surface area contributed by atoms with E-state index in [4.69, 9.17) is 5.84 Å². The van der Waals surface area contributed by atoms with Crippen LogP contribution in [0.3, 0.4) is 0 Å². The molecule has 0 aliphatic heterocycles. The third kappa shape index (κ3) is 6.13. The lowest BCUT2D eigenvalue weighted by molar-refractivity contribution is 0.0948. The summed E-state index contributed by atoms with van der Waals surface area (Å²) < 4.78 is 23.9. The van der Waals surface area contributed by atoms with Gasteiger partial charge in [-0.1, -0.05) is 0 Å². The van der Waals surface area contributed by atoms with Gasteiger partial charge in [-0.3, -0.25) is 15.6 Å². The molecule has 0 unspecified atom stereocenters. The Labute approximate surface area is 111 Å². The summed E-state index contributed by atoms with van der Waals surface area (Å²) in [6.07, 6.45) is 3.05. The van der Waals surface area contributed by atoms with Crippen molar-refractivity contribution in [2.24, 2.45) is 5.84 Å². The van der Waals surface area contributed by atoms with Gasteiger partial charge in [-0.05, 0) is 18.6 Å². The molecular weight excluding hydrogens is 270 g/mol. The molecule has 0 aliphatic rings. The number of nitrogens with two attached hydrogens (primary N) is 1. The highest BCUT2D eigenvalue weighted by atomic mass is 32.2. The van der Waals surface area contributed by atoms with Crippen molar-refractivity contribution in [3.05, 3.63) is 24.0 Å². The van der Waals surface area contributed by atoms with E-state index in [1.165, 1.54) is 12.3 Å². The number of carbonyl (C=O) groups excluding carboxylic acids is 1. The molecule has 5 N–H and O–H groups in total. The monoisotopic (exact) mass is 287 g/mol. The Morgan fingerprint density at radius 3 is 2.79 bits per heavy atom. The van der Waals surface area contributed by atoms with Crippen molar-refractivity contribution >= 4 is 21.6 Å². The molecule has 0 aromatic carbocycles. The number of hydrazine groups is 1. The summed E-state index contributed by atoms with van der Waals surface area (Å²) in [6, 6.07) is 3.15. The van der Waals surface area contributed by atoms with E-state index in [0.29, 0.717) is 18.7 Å². The molecule has 1 rings (SSSR count). The van der Waals surface area contributed by atoms with Crippen molar-refractivity contribution in [2.75, 3.05) is 24.8 Å². The van der Waals surface area contributed by atoms with E-state index >= 15 is 0 Å². The van der Waals surface area contributed by atoms with Crippen molar-refractivity contribution in [3.63, 3.8) is 0 Å². The Balaban J connectivity index is 2.35. The van der Waals surface area contributed by atoms with Crippen LogP contribution in [0.5, 0.6) is 0 Å². The van der Waals surface area contributed by atoms with Gasteiger partial charge in [-0.2, -0.15) is 0 Å². The van der Waals surface area contributed by atoms with Gasteiger partial charge in [0.1, 0.15) is 5.69 Å². The predicted octanol–water partition coefficient (Wildman–Crippen LogP) is -0.964. The molecule has 1 aromatic heterocycles. The van der Waals surface area contributed by atoms with Crippen molar-refractivity contribution in [1.29, 1.82) is 0 Å². The van der Waals surface area contributed by atoms with Crippen LogP contribution in [0.15, 0.2) is 18.3 Å². The molecule has 0 bridgehead atoms.